The van der Waals surface area contributed by atoms with E-state index in [0.29, 0.717) is 12.4 Å². The van der Waals surface area contributed by atoms with Crippen molar-refractivity contribution in [2.24, 2.45) is 5.92 Å². The maximum atomic E-state index is 11.7. The second-order valence-corrected chi connectivity index (χ2v) is 4.79. The Morgan fingerprint density at radius 2 is 1.75 bits per heavy atom. The van der Waals surface area contributed by atoms with Gasteiger partial charge in [0.25, 0.3) is 5.91 Å². The fourth-order valence-electron chi connectivity index (χ4n) is 1.62. The Morgan fingerprint density at radius 1 is 1.20 bits per heavy atom. The summed E-state index contributed by atoms with van der Waals surface area (Å²) in [4.78, 5) is 11.7. The number of rotatable bonds is 8. The molecule has 0 saturated carbocycles. The number of nitrogens with one attached hydrogen (secondary N) is 1. The third-order valence-corrected chi connectivity index (χ3v) is 2.85. The van der Waals surface area contributed by atoms with Crippen LogP contribution in [0.15, 0.2) is 24.3 Å². The van der Waals surface area contributed by atoms with E-state index in [4.69, 9.17) is 14.6 Å². The number of carbonyl (C=O) groups is 1. The Labute approximate surface area is 119 Å². The molecule has 0 bridgehead atoms. The van der Waals surface area contributed by atoms with Crippen LogP contribution in [0.4, 0.5) is 0 Å². The maximum Gasteiger partial charge on any atom is 0.258 e. The van der Waals surface area contributed by atoms with Crippen molar-refractivity contribution in [3.63, 3.8) is 0 Å². The van der Waals surface area contributed by atoms with Gasteiger partial charge in [0.15, 0.2) is 6.61 Å². The summed E-state index contributed by atoms with van der Waals surface area (Å²) in [5.74, 6) is 1.30. The molecule has 0 saturated heterocycles. The normalized spacial score (nSPS) is 12.1. The van der Waals surface area contributed by atoms with Gasteiger partial charge < -0.3 is 19.9 Å². The smallest absolute Gasteiger partial charge is 0.258 e. The number of aliphatic hydroxyl groups excluding tert-OH is 1. The molecule has 1 unspecified atom stereocenters. The first-order chi connectivity index (χ1) is 9.56. The number of amides is 1. The van der Waals surface area contributed by atoms with Gasteiger partial charge in [-0.3, -0.25) is 4.79 Å². The van der Waals surface area contributed by atoms with E-state index in [1.54, 1.807) is 24.3 Å². The van der Waals surface area contributed by atoms with E-state index < -0.39 is 0 Å². The predicted octanol–water partition coefficient (Wildman–Crippen LogP) is 1.60. The lowest BCUT2D eigenvalue weighted by molar-refractivity contribution is -0.124. The molecular formula is C15H23NO4. The standard InChI is InChI=1S/C15H23NO4/c1-4-19-12-5-7-13(8-6-12)20-10-15(18)16-14(9-17)11(2)3/h5-8,11,14,17H,4,9-10H2,1-3H3,(H,16,18). The predicted molar refractivity (Wildman–Crippen MR) is 77.0 cm³/mol. The number of aliphatic hydroxyl groups is 1. The Morgan fingerprint density at radius 3 is 2.20 bits per heavy atom. The number of benzene rings is 1. The average molecular weight is 281 g/mol. The summed E-state index contributed by atoms with van der Waals surface area (Å²) >= 11 is 0. The Kier molecular flexibility index (Phi) is 6.87. The van der Waals surface area contributed by atoms with Crippen LogP contribution in [0.3, 0.4) is 0 Å². The maximum absolute atomic E-state index is 11.7. The molecule has 0 aliphatic rings. The SMILES string of the molecule is CCOc1ccc(OCC(=O)NC(CO)C(C)C)cc1. The van der Waals surface area contributed by atoms with E-state index >= 15 is 0 Å². The van der Waals surface area contributed by atoms with Gasteiger partial charge in [-0.15, -0.1) is 0 Å². The minimum Gasteiger partial charge on any atom is -0.494 e. The molecule has 0 heterocycles. The average Bonchev–Trinajstić information content (AvgIpc) is 2.44. The van der Waals surface area contributed by atoms with E-state index in [2.05, 4.69) is 5.32 Å². The monoisotopic (exact) mass is 281 g/mol. The van der Waals surface area contributed by atoms with Crippen LogP contribution in [0.2, 0.25) is 0 Å². The Bertz CT molecular complexity index is 403. The lowest BCUT2D eigenvalue weighted by Crippen LogP contribution is -2.43. The molecule has 0 aromatic heterocycles. The van der Waals surface area contributed by atoms with Crippen LogP contribution in [0.25, 0.3) is 0 Å². The van der Waals surface area contributed by atoms with Gasteiger partial charge >= 0.3 is 0 Å². The van der Waals surface area contributed by atoms with E-state index in [0.717, 1.165) is 5.75 Å². The third kappa shape index (κ3) is 5.48. The molecule has 1 aromatic carbocycles. The van der Waals surface area contributed by atoms with Crippen molar-refractivity contribution in [3.05, 3.63) is 24.3 Å². The van der Waals surface area contributed by atoms with Crippen molar-refractivity contribution in [1.82, 2.24) is 5.32 Å². The van der Waals surface area contributed by atoms with Crippen molar-refractivity contribution in [2.45, 2.75) is 26.8 Å². The van der Waals surface area contributed by atoms with Crippen molar-refractivity contribution in [2.75, 3.05) is 19.8 Å². The lowest BCUT2D eigenvalue weighted by atomic mass is 10.1. The van der Waals surface area contributed by atoms with Crippen LogP contribution in [0.5, 0.6) is 11.5 Å². The first kappa shape index (κ1) is 16.3. The number of hydrogen-bond acceptors (Lipinski definition) is 4. The first-order valence-corrected chi connectivity index (χ1v) is 6.82. The summed E-state index contributed by atoms with van der Waals surface area (Å²) in [6.07, 6.45) is 0. The number of hydrogen-bond donors (Lipinski definition) is 2. The van der Waals surface area contributed by atoms with Gasteiger partial charge in [-0.25, -0.2) is 0 Å². The van der Waals surface area contributed by atoms with Gasteiger partial charge in [0, 0.05) is 0 Å². The quantitative estimate of drug-likeness (QED) is 0.759. The topological polar surface area (TPSA) is 67.8 Å². The molecule has 0 spiro atoms. The van der Waals surface area contributed by atoms with Gasteiger partial charge in [-0.2, -0.15) is 0 Å². The zero-order valence-electron chi connectivity index (χ0n) is 12.3. The molecule has 0 aliphatic carbocycles. The minimum absolute atomic E-state index is 0.0722. The minimum atomic E-state index is -0.244. The Balaban J connectivity index is 2.40. The molecule has 112 valence electrons. The van der Waals surface area contributed by atoms with Crippen LogP contribution < -0.4 is 14.8 Å². The number of ether oxygens (including phenoxy) is 2. The highest BCUT2D eigenvalue weighted by atomic mass is 16.5. The zero-order chi connectivity index (χ0) is 15.0. The highest BCUT2D eigenvalue weighted by molar-refractivity contribution is 5.77. The number of carbonyl (C=O) groups excluding carboxylic acids is 1. The molecule has 1 atom stereocenters. The van der Waals surface area contributed by atoms with Gasteiger partial charge in [-0.05, 0) is 37.1 Å². The molecular weight excluding hydrogens is 258 g/mol. The summed E-state index contributed by atoms with van der Waals surface area (Å²) in [5.41, 5.74) is 0. The fraction of sp³-hybridized carbons (Fsp3) is 0.533. The van der Waals surface area contributed by atoms with Crippen molar-refractivity contribution in [3.8, 4) is 11.5 Å². The molecule has 1 aromatic rings. The van der Waals surface area contributed by atoms with Crippen molar-refractivity contribution in [1.29, 1.82) is 0 Å². The van der Waals surface area contributed by atoms with Crippen LogP contribution in [-0.4, -0.2) is 36.9 Å². The molecule has 0 fully saturated rings. The molecule has 0 aliphatic heterocycles. The fourth-order valence-corrected chi connectivity index (χ4v) is 1.62. The van der Waals surface area contributed by atoms with Crippen molar-refractivity contribution < 1.29 is 19.4 Å². The molecule has 1 amide bonds. The van der Waals surface area contributed by atoms with Crippen LogP contribution >= 0.6 is 0 Å². The molecule has 20 heavy (non-hydrogen) atoms. The summed E-state index contributed by atoms with van der Waals surface area (Å²) in [6, 6.07) is 6.85. The summed E-state index contributed by atoms with van der Waals surface area (Å²) in [6.45, 7) is 6.26. The largest absolute Gasteiger partial charge is 0.494 e. The second kappa shape index (κ2) is 8.43. The summed E-state index contributed by atoms with van der Waals surface area (Å²) < 4.78 is 10.7. The van der Waals surface area contributed by atoms with E-state index in [1.807, 2.05) is 20.8 Å². The van der Waals surface area contributed by atoms with Crippen LogP contribution in [0.1, 0.15) is 20.8 Å². The van der Waals surface area contributed by atoms with Crippen LogP contribution in [-0.2, 0) is 4.79 Å². The van der Waals surface area contributed by atoms with E-state index in [-0.39, 0.29) is 31.1 Å². The molecule has 5 heteroatoms. The second-order valence-electron chi connectivity index (χ2n) is 4.79. The van der Waals surface area contributed by atoms with E-state index in [9.17, 15) is 4.79 Å². The van der Waals surface area contributed by atoms with Gasteiger partial charge in [0.05, 0.1) is 19.3 Å². The molecule has 1 rings (SSSR count). The highest BCUT2D eigenvalue weighted by Gasteiger charge is 2.15. The zero-order valence-corrected chi connectivity index (χ0v) is 12.3. The highest BCUT2D eigenvalue weighted by Crippen LogP contribution is 2.17. The molecule has 2 N–H and O–H groups in total. The van der Waals surface area contributed by atoms with Gasteiger partial charge in [-0.1, -0.05) is 13.8 Å². The summed E-state index contributed by atoms with van der Waals surface area (Å²) in [7, 11) is 0. The molecule has 5 nitrogen and oxygen atoms in total. The van der Waals surface area contributed by atoms with Crippen molar-refractivity contribution >= 4 is 5.91 Å². The van der Waals surface area contributed by atoms with E-state index in [1.165, 1.54) is 0 Å². The van der Waals surface area contributed by atoms with Crippen LogP contribution in [0, 0.1) is 5.92 Å². The lowest BCUT2D eigenvalue weighted by Gasteiger charge is -2.19. The molecule has 0 radical (unpaired) electrons. The first-order valence-electron chi connectivity index (χ1n) is 6.82. The third-order valence-electron chi connectivity index (χ3n) is 2.85. The summed E-state index contributed by atoms with van der Waals surface area (Å²) in [5, 5.41) is 11.9. The van der Waals surface area contributed by atoms with Gasteiger partial charge in [0.2, 0.25) is 0 Å². The Hall–Kier alpha value is -1.75. The van der Waals surface area contributed by atoms with Gasteiger partial charge in [0.1, 0.15) is 11.5 Å².